The lowest BCUT2D eigenvalue weighted by Crippen LogP contribution is -2.40. The highest BCUT2D eigenvalue weighted by Gasteiger charge is 2.36. The molecule has 0 aromatic heterocycles. The summed E-state index contributed by atoms with van der Waals surface area (Å²) in [6.07, 6.45) is 5.63. The van der Waals surface area contributed by atoms with Crippen LogP contribution in [0.15, 0.2) is 48.5 Å². The van der Waals surface area contributed by atoms with E-state index in [4.69, 9.17) is 43.4 Å². The van der Waals surface area contributed by atoms with E-state index in [0.29, 0.717) is 59.2 Å². The highest BCUT2D eigenvalue weighted by Crippen LogP contribution is 2.34. The predicted octanol–water partition coefficient (Wildman–Crippen LogP) is 8.82. The molecule has 0 bridgehead atoms. The van der Waals surface area contributed by atoms with Gasteiger partial charge in [0.1, 0.15) is 20.7 Å². The molecule has 0 radical (unpaired) electrons. The maximum absolute atomic E-state index is 13.0. The molecule has 318 valence electrons. The molecule has 2 aliphatic heterocycles. The largest absolute Gasteiger partial charge is 0.465 e. The Morgan fingerprint density at radius 1 is 0.586 bits per heavy atom. The van der Waals surface area contributed by atoms with Crippen molar-refractivity contribution in [3.05, 3.63) is 70.8 Å². The number of ether oxygens (including phenoxy) is 4. The van der Waals surface area contributed by atoms with Crippen molar-refractivity contribution in [1.82, 2.24) is 9.80 Å². The first-order chi connectivity index (χ1) is 27.7. The van der Waals surface area contributed by atoms with E-state index < -0.39 is 12.1 Å². The van der Waals surface area contributed by atoms with Crippen LogP contribution in [0.25, 0.3) is 0 Å². The second-order valence-electron chi connectivity index (χ2n) is 15.9. The van der Waals surface area contributed by atoms with E-state index in [1.54, 1.807) is 0 Å². The van der Waals surface area contributed by atoms with Crippen molar-refractivity contribution < 1.29 is 38.1 Å². The summed E-state index contributed by atoms with van der Waals surface area (Å²) in [5.41, 5.74) is 4.31. The third-order valence-electron chi connectivity index (χ3n) is 10.2. The Hall–Kier alpha value is -3.20. The average Bonchev–Trinajstić information content (AvgIpc) is 3.90. The van der Waals surface area contributed by atoms with Gasteiger partial charge in [-0.15, -0.1) is 0 Å². The van der Waals surface area contributed by atoms with Gasteiger partial charge in [0, 0.05) is 25.9 Å². The predicted molar refractivity (Wildman–Crippen MR) is 240 cm³/mol. The minimum absolute atomic E-state index is 0.137. The maximum Gasteiger partial charge on any atom is 0.328 e. The third-order valence-corrected chi connectivity index (χ3v) is 13.8. The van der Waals surface area contributed by atoms with Crippen LogP contribution in [0.2, 0.25) is 0 Å². The number of thiocarbonyl (C=S) groups is 2. The minimum Gasteiger partial charge on any atom is -0.465 e. The molecule has 14 heteroatoms. The van der Waals surface area contributed by atoms with Gasteiger partial charge in [0.15, 0.2) is 0 Å². The van der Waals surface area contributed by atoms with Gasteiger partial charge in [0.25, 0.3) is 0 Å². The molecule has 0 aliphatic carbocycles. The van der Waals surface area contributed by atoms with Crippen molar-refractivity contribution in [2.45, 2.75) is 117 Å². The zero-order chi connectivity index (χ0) is 42.2. The smallest absolute Gasteiger partial charge is 0.328 e. The van der Waals surface area contributed by atoms with E-state index in [9.17, 15) is 19.2 Å². The molecule has 2 aromatic rings. The second kappa shape index (κ2) is 24.2. The van der Waals surface area contributed by atoms with Crippen molar-refractivity contribution in [3.8, 4) is 0 Å². The summed E-state index contributed by atoms with van der Waals surface area (Å²) in [4.78, 5) is 55.1. The Labute approximate surface area is 363 Å². The van der Waals surface area contributed by atoms with Crippen molar-refractivity contribution in [2.75, 3.05) is 39.5 Å². The fourth-order valence-electron chi connectivity index (χ4n) is 6.98. The number of hydrogen-bond donors (Lipinski definition) is 0. The Morgan fingerprint density at radius 3 is 1.28 bits per heavy atom. The lowest BCUT2D eigenvalue weighted by atomic mass is 9.97. The number of esters is 4. The average molecular weight is 873 g/mol. The number of carbonyl (C=O) groups is 4. The first kappa shape index (κ1) is 47.5. The topological polar surface area (TPSA) is 112 Å². The van der Waals surface area contributed by atoms with Crippen molar-refractivity contribution in [3.63, 3.8) is 0 Å². The van der Waals surface area contributed by atoms with Gasteiger partial charge in [-0.2, -0.15) is 0 Å². The SMILES string of the molecule is CC(C)Cc1ccc(C(C)C(=O)OCCCOC(=O)C2CCCN2C(=S)SSC(=S)N2CCCC2C(=O)OCCCOC(=O)C(C)c2ccc(CC(C)C)cc2)cc1. The van der Waals surface area contributed by atoms with Crippen molar-refractivity contribution >= 4 is 78.5 Å². The van der Waals surface area contributed by atoms with Crippen LogP contribution >= 0.6 is 46.0 Å². The number of likely N-dealkylation sites (tertiary alicyclic amines) is 2. The minimum atomic E-state index is -0.492. The lowest BCUT2D eigenvalue weighted by molar-refractivity contribution is -0.151. The molecule has 4 unspecified atom stereocenters. The molecule has 58 heavy (non-hydrogen) atoms. The molecule has 4 atom stereocenters. The fourth-order valence-corrected chi connectivity index (χ4v) is 9.80. The zero-order valence-corrected chi connectivity index (χ0v) is 38.0. The summed E-state index contributed by atoms with van der Waals surface area (Å²) >= 11 is 11.4. The van der Waals surface area contributed by atoms with Crippen LogP contribution in [-0.4, -0.2) is 93.9 Å². The van der Waals surface area contributed by atoms with E-state index in [-0.39, 0.29) is 62.1 Å². The van der Waals surface area contributed by atoms with Gasteiger partial charge in [-0.3, -0.25) is 9.59 Å². The highest BCUT2D eigenvalue weighted by atomic mass is 33.1. The normalized spacial score (nSPS) is 17.6. The van der Waals surface area contributed by atoms with Crippen LogP contribution in [0.1, 0.15) is 114 Å². The van der Waals surface area contributed by atoms with Gasteiger partial charge >= 0.3 is 23.9 Å². The summed E-state index contributed by atoms with van der Waals surface area (Å²) in [7, 11) is 2.60. The Balaban J connectivity index is 1.10. The summed E-state index contributed by atoms with van der Waals surface area (Å²) in [5, 5.41) is 0. The Kier molecular flexibility index (Phi) is 19.8. The van der Waals surface area contributed by atoms with Crippen LogP contribution in [-0.2, 0) is 51.0 Å². The van der Waals surface area contributed by atoms with Gasteiger partial charge in [-0.05, 0) is 108 Å². The van der Waals surface area contributed by atoms with Crippen molar-refractivity contribution in [2.24, 2.45) is 11.8 Å². The van der Waals surface area contributed by atoms with Crippen molar-refractivity contribution in [1.29, 1.82) is 0 Å². The lowest BCUT2D eigenvalue weighted by Gasteiger charge is -2.27. The standard InChI is InChI=1S/C44H60N2O8S4/c1-29(2)27-33-13-17-35(18-14-33)31(5)39(47)51-23-9-25-53-41(49)37-11-7-21-45(37)43(55)57-58-44(56)46-22-8-12-38(46)42(50)54-26-10-24-52-40(48)32(6)36-19-15-34(16-20-36)28-30(3)4/h13-20,29-32,37-38H,7-12,21-28H2,1-6H3. The van der Waals surface area contributed by atoms with E-state index in [2.05, 4.69) is 52.0 Å². The van der Waals surface area contributed by atoms with Gasteiger partial charge < -0.3 is 28.7 Å². The maximum atomic E-state index is 13.0. The molecule has 10 nitrogen and oxygen atoms in total. The number of benzene rings is 2. The molecule has 2 aromatic carbocycles. The van der Waals surface area contributed by atoms with Crippen LogP contribution in [0.5, 0.6) is 0 Å². The van der Waals surface area contributed by atoms with E-state index >= 15 is 0 Å². The van der Waals surface area contributed by atoms with Gasteiger partial charge in [0.05, 0.1) is 38.3 Å². The quantitative estimate of drug-likeness (QED) is 0.0468. The summed E-state index contributed by atoms with van der Waals surface area (Å²) in [5.74, 6) is -0.957. The molecule has 0 N–H and O–H groups in total. The Bertz CT molecular complexity index is 1560. The number of hydrogen-bond acceptors (Lipinski definition) is 12. The molecule has 2 fully saturated rings. The van der Waals surface area contributed by atoms with Gasteiger partial charge in [-0.25, -0.2) is 9.59 Å². The van der Waals surface area contributed by atoms with E-state index in [1.165, 1.54) is 32.7 Å². The number of nitrogens with zero attached hydrogens (tertiary/aromatic N) is 2. The third kappa shape index (κ3) is 14.8. The molecule has 2 aliphatic rings. The Morgan fingerprint density at radius 2 is 0.931 bits per heavy atom. The van der Waals surface area contributed by atoms with E-state index in [1.807, 2.05) is 47.9 Å². The molecular weight excluding hydrogens is 813 g/mol. The molecule has 2 heterocycles. The fraction of sp³-hybridized carbons (Fsp3) is 0.591. The van der Waals surface area contributed by atoms with Gasteiger partial charge in [-0.1, -0.05) is 101 Å². The van der Waals surface area contributed by atoms with Crippen LogP contribution < -0.4 is 0 Å². The molecule has 0 saturated carbocycles. The first-order valence-corrected chi connectivity index (χ1v) is 23.5. The molecule has 2 saturated heterocycles. The first-order valence-electron chi connectivity index (χ1n) is 20.5. The molecule has 0 amide bonds. The number of carbonyl (C=O) groups excluding carboxylic acids is 4. The zero-order valence-electron chi connectivity index (χ0n) is 34.8. The molecular formula is C44H60N2O8S4. The van der Waals surface area contributed by atoms with Crippen LogP contribution in [0.3, 0.4) is 0 Å². The monoisotopic (exact) mass is 872 g/mol. The highest BCUT2D eigenvalue weighted by molar-refractivity contribution is 8.89. The summed E-state index contributed by atoms with van der Waals surface area (Å²) in [6.45, 7) is 14.2. The van der Waals surface area contributed by atoms with Crippen LogP contribution in [0.4, 0.5) is 0 Å². The molecule has 0 spiro atoms. The van der Waals surface area contributed by atoms with Gasteiger partial charge in [0.2, 0.25) is 0 Å². The van der Waals surface area contributed by atoms with E-state index in [0.717, 1.165) is 36.8 Å². The molecule has 4 rings (SSSR count). The summed E-state index contributed by atoms with van der Waals surface area (Å²) < 4.78 is 23.1. The summed E-state index contributed by atoms with van der Waals surface area (Å²) in [6, 6.07) is 15.2. The number of rotatable bonds is 18. The second-order valence-corrected chi connectivity index (χ2v) is 19.3. The van der Waals surface area contributed by atoms with Crippen LogP contribution in [0, 0.1) is 11.8 Å².